The summed E-state index contributed by atoms with van der Waals surface area (Å²) in [5, 5.41) is 22.6. The fourth-order valence-corrected chi connectivity index (χ4v) is 2.31. The quantitative estimate of drug-likeness (QED) is 0.648. The Hall–Kier alpha value is -3.75. The summed E-state index contributed by atoms with van der Waals surface area (Å²) in [7, 11) is 0. The number of nitrogens with one attached hydrogen (secondary N) is 1. The van der Waals surface area contributed by atoms with Gasteiger partial charge >= 0.3 is 5.97 Å². The molecule has 1 aromatic heterocycles. The number of tetrazole rings is 1. The fraction of sp³-hybridized carbons (Fsp3) is 0.167. The molecule has 2 N–H and O–H groups in total. The highest BCUT2D eigenvalue weighted by molar-refractivity contribution is 5.87. The predicted octanol–water partition coefficient (Wildman–Crippen LogP) is 1.44. The zero-order valence-electron chi connectivity index (χ0n) is 14.4. The number of aromatic nitrogens is 4. The van der Waals surface area contributed by atoms with Crippen molar-refractivity contribution in [3.63, 3.8) is 0 Å². The van der Waals surface area contributed by atoms with Gasteiger partial charge in [0.05, 0.1) is 11.3 Å². The second-order valence-corrected chi connectivity index (χ2v) is 5.73. The molecule has 0 aliphatic heterocycles. The number of carboxylic acid groups (broad SMARTS) is 1. The molecule has 1 amide bonds. The van der Waals surface area contributed by atoms with E-state index in [-0.39, 0.29) is 18.0 Å². The van der Waals surface area contributed by atoms with Crippen molar-refractivity contribution in [2.24, 2.45) is 0 Å². The smallest absolute Gasteiger partial charge is 0.335 e. The van der Waals surface area contributed by atoms with Crippen LogP contribution in [0.4, 0.5) is 0 Å². The zero-order valence-corrected chi connectivity index (χ0v) is 14.4. The number of ether oxygens (including phenoxy) is 1. The van der Waals surface area contributed by atoms with Gasteiger partial charge in [-0.1, -0.05) is 12.1 Å². The molecule has 0 bridgehead atoms. The van der Waals surface area contributed by atoms with Gasteiger partial charge in [-0.25, -0.2) is 9.48 Å². The summed E-state index contributed by atoms with van der Waals surface area (Å²) in [5.41, 5.74) is 1.77. The van der Waals surface area contributed by atoms with Crippen LogP contribution in [-0.4, -0.2) is 43.3 Å². The highest BCUT2D eigenvalue weighted by Crippen LogP contribution is 2.16. The third kappa shape index (κ3) is 4.66. The van der Waals surface area contributed by atoms with Crippen LogP contribution in [0.1, 0.15) is 22.8 Å². The standard InChI is InChI=1S/C18H17N5O4/c1-12(17(24)19-10-13-2-4-14(5-3-13)18(25)26)27-16-8-6-15(7-9-16)23-11-20-21-22-23/h2-9,11-12H,10H2,1H3,(H,19,24)(H,25,26). The average Bonchev–Trinajstić information content (AvgIpc) is 3.21. The van der Waals surface area contributed by atoms with E-state index in [1.54, 1.807) is 43.3 Å². The minimum absolute atomic E-state index is 0.201. The largest absolute Gasteiger partial charge is 0.481 e. The van der Waals surface area contributed by atoms with Gasteiger partial charge in [0.1, 0.15) is 12.1 Å². The molecular formula is C18H17N5O4. The Bertz CT molecular complexity index is 908. The van der Waals surface area contributed by atoms with Crippen molar-refractivity contribution in [1.29, 1.82) is 0 Å². The molecule has 0 fully saturated rings. The van der Waals surface area contributed by atoms with Crippen molar-refractivity contribution in [2.75, 3.05) is 0 Å². The topological polar surface area (TPSA) is 119 Å². The number of aromatic carboxylic acids is 1. The van der Waals surface area contributed by atoms with Gasteiger partial charge in [0.25, 0.3) is 5.91 Å². The summed E-state index contributed by atoms with van der Waals surface area (Å²) >= 11 is 0. The molecule has 9 heteroatoms. The lowest BCUT2D eigenvalue weighted by Gasteiger charge is -2.15. The van der Waals surface area contributed by atoms with Crippen molar-refractivity contribution in [3.05, 3.63) is 66.0 Å². The summed E-state index contributed by atoms with van der Waals surface area (Å²) in [6.07, 6.45) is 0.789. The van der Waals surface area contributed by atoms with E-state index in [0.29, 0.717) is 5.75 Å². The van der Waals surface area contributed by atoms with Crippen molar-refractivity contribution < 1.29 is 19.4 Å². The third-order valence-corrected chi connectivity index (χ3v) is 3.80. The van der Waals surface area contributed by atoms with E-state index in [2.05, 4.69) is 20.8 Å². The molecule has 0 saturated heterocycles. The van der Waals surface area contributed by atoms with Crippen molar-refractivity contribution in [2.45, 2.75) is 19.6 Å². The number of hydrogen-bond donors (Lipinski definition) is 2. The molecule has 1 atom stereocenters. The van der Waals surface area contributed by atoms with Crippen LogP contribution in [-0.2, 0) is 11.3 Å². The second-order valence-electron chi connectivity index (χ2n) is 5.73. The first-order valence-electron chi connectivity index (χ1n) is 8.13. The molecule has 0 radical (unpaired) electrons. The van der Waals surface area contributed by atoms with Crippen LogP contribution in [0.15, 0.2) is 54.9 Å². The van der Waals surface area contributed by atoms with E-state index in [9.17, 15) is 9.59 Å². The number of amides is 1. The maximum absolute atomic E-state index is 12.2. The lowest BCUT2D eigenvalue weighted by Crippen LogP contribution is -2.35. The lowest BCUT2D eigenvalue weighted by molar-refractivity contribution is -0.127. The van der Waals surface area contributed by atoms with Crippen LogP contribution in [0.3, 0.4) is 0 Å². The van der Waals surface area contributed by atoms with E-state index in [4.69, 9.17) is 9.84 Å². The van der Waals surface area contributed by atoms with E-state index in [1.165, 1.54) is 23.1 Å². The molecular weight excluding hydrogens is 350 g/mol. The molecule has 0 spiro atoms. The van der Waals surface area contributed by atoms with Crippen LogP contribution in [0.25, 0.3) is 5.69 Å². The van der Waals surface area contributed by atoms with Crippen molar-refractivity contribution >= 4 is 11.9 Å². The highest BCUT2D eigenvalue weighted by atomic mass is 16.5. The minimum Gasteiger partial charge on any atom is -0.481 e. The Morgan fingerprint density at radius 1 is 1.15 bits per heavy atom. The van der Waals surface area contributed by atoms with Gasteiger partial charge in [0.15, 0.2) is 6.10 Å². The summed E-state index contributed by atoms with van der Waals surface area (Å²) < 4.78 is 7.15. The molecule has 27 heavy (non-hydrogen) atoms. The number of hydrogen-bond acceptors (Lipinski definition) is 6. The number of nitrogens with zero attached hydrogens (tertiary/aromatic N) is 4. The van der Waals surface area contributed by atoms with Crippen molar-refractivity contribution in [3.8, 4) is 11.4 Å². The average molecular weight is 367 g/mol. The molecule has 1 unspecified atom stereocenters. The van der Waals surface area contributed by atoms with Crippen LogP contribution in [0, 0.1) is 0 Å². The Kier molecular flexibility index (Phi) is 5.41. The summed E-state index contributed by atoms with van der Waals surface area (Å²) in [5.74, 6) is -0.721. The first-order valence-corrected chi connectivity index (χ1v) is 8.13. The Labute approximate surface area is 154 Å². The molecule has 9 nitrogen and oxygen atoms in total. The number of rotatable bonds is 7. The molecule has 0 aliphatic carbocycles. The highest BCUT2D eigenvalue weighted by Gasteiger charge is 2.14. The van der Waals surface area contributed by atoms with Gasteiger partial charge in [0, 0.05) is 6.54 Å². The van der Waals surface area contributed by atoms with Gasteiger partial charge < -0.3 is 15.2 Å². The molecule has 1 heterocycles. The van der Waals surface area contributed by atoms with Gasteiger partial charge in [-0.15, -0.1) is 5.10 Å². The normalized spacial score (nSPS) is 11.6. The van der Waals surface area contributed by atoms with Crippen LogP contribution >= 0.6 is 0 Å². The van der Waals surface area contributed by atoms with Gasteiger partial charge in [-0.05, 0) is 59.3 Å². The monoisotopic (exact) mass is 367 g/mol. The number of carbonyl (C=O) groups excluding carboxylic acids is 1. The summed E-state index contributed by atoms with van der Waals surface area (Å²) in [6.45, 7) is 1.93. The van der Waals surface area contributed by atoms with Gasteiger partial charge in [0.2, 0.25) is 0 Å². The third-order valence-electron chi connectivity index (χ3n) is 3.80. The Morgan fingerprint density at radius 2 is 1.85 bits per heavy atom. The summed E-state index contributed by atoms with van der Waals surface area (Å²) in [4.78, 5) is 23.0. The molecule has 138 valence electrons. The Balaban J connectivity index is 1.52. The van der Waals surface area contributed by atoms with Crippen LogP contribution < -0.4 is 10.1 Å². The van der Waals surface area contributed by atoms with E-state index in [0.717, 1.165) is 11.3 Å². The SMILES string of the molecule is CC(Oc1ccc(-n2cnnn2)cc1)C(=O)NCc1ccc(C(=O)O)cc1. The van der Waals surface area contributed by atoms with Gasteiger partial charge in [-0.3, -0.25) is 4.79 Å². The van der Waals surface area contributed by atoms with E-state index >= 15 is 0 Å². The van der Waals surface area contributed by atoms with E-state index in [1.807, 2.05) is 0 Å². The van der Waals surface area contributed by atoms with E-state index < -0.39 is 12.1 Å². The first-order chi connectivity index (χ1) is 13.0. The van der Waals surface area contributed by atoms with Crippen LogP contribution in [0.5, 0.6) is 5.75 Å². The molecule has 2 aromatic carbocycles. The molecule has 0 saturated carbocycles. The second kappa shape index (κ2) is 8.09. The minimum atomic E-state index is -0.987. The Morgan fingerprint density at radius 3 is 2.44 bits per heavy atom. The first kappa shape index (κ1) is 18.1. The maximum Gasteiger partial charge on any atom is 0.335 e. The predicted molar refractivity (Wildman–Crippen MR) is 94.5 cm³/mol. The molecule has 0 aliphatic rings. The van der Waals surface area contributed by atoms with Crippen LogP contribution in [0.2, 0.25) is 0 Å². The maximum atomic E-state index is 12.2. The zero-order chi connectivity index (χ0) is 19.2. The van der Waals surface area contributed by atoms with Gasteiger partial charge in [-0.2, -0.15) is 0 Å². The lowest BCUT2D eigenvalue weighted by atomic mass is 10.1. The van der Waals surface area contributed by atoms with Crippen molar-refractivity contribution in [1.82, 2.24) is 25.5 Å². The fourth-order valence-electron chi connectivity index (χ4n) is 2.31. The number of carbonyl (C=O) groups is 2. The summed E-state index contributed by atoms with van der Waals surface area (Å²) in [6, 6.07) is 13.3. The molecule has 3 aromatic rings. The molecule has 3 rings (SSSR count). The number of carboxylic acids is 1. The number of benzene rings is 2.